The second-order valence-corrected chi connectivity index (χ2v) is 5.88. The van der Waals surface area contributed by atoms with Crippen molar-refractivity contribution < 1.29 is 18.3 Å². The molecule has 0 fully saturated rings. The first-order valence-electron chi connectivity index (χ1n) is 8.26. The molecule has 0 spiro atoms. The highest BCUT2D eigenvalue weighted by atomic mass is 19.1. The summed E-state index contributed by atoms with van der Waals surface area (Å²) in [5, 5.41) is 0. The summed E-state index contributed by atoms with van der Waals surface area (Å²) in [5.41, 5.74) is 1.67. The summed E-state index contributed by atoms with van der Waals surface area (Å²) >= 11 is 0. The van der Waals surface area contributed by atoms with Crippen LogP contribution in [0.1, 0.15) is 31.2 Å². The third kappa shape index (κ3) is 4.91. The standard InChI is InChI=1S/C19H23F2N3O2/c1-6-24(4)11-22-17-10-18(25-5)19(23-12(17)2)26-13(3)14-7-15(20)9-16(21)8-14/h7-11,13H,6H2,1-5H3/t13-/m1/s1. The maximum Gasteiger partial charge on any atom is 0.257 e. The van der Waals surface area contributed by atoms with Gasteiger partial charge in [-0.2, -0.15) is 0 Å². The number of rotatable bonds is 7. The molecule has 0 unspecified atom stereocenters. The Hall–Kier alpha value is -2.70. The Morgan fingerprint density at radius 3 is 2.46 bits per heavy atom. The van der Waals surface area contributed by atoms with Crippen LogP contribution in [-0.4, -0.2) is 36.9 Å². The molecule has 2 aromatic rings. The molecule has 7 heteroatoms. The lowest BCUT2D eigenvalue weighted by atomic mass is 10.1. The van der Waals surface area contributed by atoms with Crippen molar-refractivity contribution in [2.75, 3.05) is 20.7 Å². The van der Waals surface area contributed by atoms with Crippen molar-refractivity contribution in [3.63, 3.8) is 0 Å². The van der Waals surface area contributed by atoms with Crippen molar-refractivity contribution in [3.8, 4) is 11.6 Å². The molecule has 5 nitrogen and oxygen atoms in total. The van der Waals surface area contributed by atoms with Crippen LogP contribution in [0.2, 0.25) is 0 Å². The second-order valence-electron chi connectivity index (χ2n) is 5.88. The number of pyridine rings is 1. The predicted octanol–water partition coefficient (Wildman–Crippen LogP) is 4.43. The molecule has 1 atom stereocenters. The first kappa shape index (κ1) is 19.6. The Morgan fingerprint density at radius 2 is 1.88 bits per heavy atom. The van der Waals surface area contributed by atoms with Gasteiger partial charge in [0.05, 0.1) is 24.8 Å². The monoisotopic (exact) mass is 363 g/mol. The van der Waals surface area contributed by atoms with Crippen LogP contribution in [0.5, 0.6) is 11.6 Å². The highest BCUT2D eigenvalue weighted by Crippen LogP contribution is 2.34. The highest BCUT2D eigenvalue weighted by molar-refractivity contribution is 5.63. The molecule has 0 saturated heterocycles. The van der Waals surface area contributed by atoms with Gasteiger partial charge in [-0.05, 0) is 38.5 Å². The minimum atomic E-state index is -0.656. The molecule has 1 aromatic carbocycles. The van der Waals surface area contributed by atoms with Gasteiger partial charge in [-0.1, -0.05) is 0 Å². The van der Waals surface area contributed by atoms with Crippen LogP contribution in [-0.2, 0) is 0 Å². The van der Waals surface area contributed by atoms with Gasteiger partial charge in [0.1, 0.15) is 17.7 Å². The average Bonchev–Trinajstić information content (AvgIpc) is 2.59. The first-order valence-corrected chi connectivity index (χ1v) is 8.26. The summed E-state index contributed by atoms with van der Waals surface area (Å²) in [6, 6.07) is 4.99. The average molecular weight is 363 g/mol. The van der Waals surface area contributed by atoms with E-state index < -0.39 is 17.7 Å². The van der Waals surface area contributed by atoms with Crippen LogP contribution in [0.15, 0.2) is 29.3 Å². The normalized spacial score (nSPS) is 12.3. The topological polar surface area (TPSA) is 47.0 Å². The number of ether oxygens (including phenoxy) is 2. The Balaban J connectivity index is 2.28. The Labute approximate surface area is 152 Å². The molecule has 0 saturated carbocycles. The summed E-state index contributed by atoms with van der Waals surface area (Å²) in [7, 11) is 3.41. The Morgan fingerprint density at radius 1 is 1.23 bits per heavy atom. The highest BCUT2D eigenvalue weighted by Gasteiger charge is 2.16. The fourth-order valence-corrected chi connectivity index (χ4v) is 2.20. The lowest BCUT2D eigenvalue weighted by molar-refractivity contribution is 0.205. The van der Waals surface area contributed by atoms with E-state index in [0.717, 1.165) is 12.6 Å². The smallest absolute Gasteiger partial charge is 0.257 e. The van der Waals surface area contributed by atoms with Gasteiger partial charge in [0.15, 0.2) is 5.75 Å². The number of benzene rings is 1. The van der Waals surface area contributed by atoms with E-state index in [-0.39, 0.29) is 5.88 Å². The van der Waals surface area contributed by atoms with Crippen molar-refractivity contribution in [1.82, 2.24) is 9.88 Å². The van der Waals surface area contributed by atoms with E-state index in [2.05, 4.69) is 9.98 Å². The van der Waals surface area contributed by atoms with Crippen LogP contribution in [0, 0.1) is 18.6 Å². The van der Waals surface area contributed by atoms with Crippen LogP contribution < -0.4 is 9.47 Å². The van der Waals surface area contributed by atoms with Gasteiger partial charge in [-0.25, -0.2) is 18.8 Å². The van der Waals surface area contributed by atoms with E-state index in [0.29, 0.717) is 22.7 Å². The van der Waals surface area contributed by atoms with Crippen molar-refractivity contribution in [2.45, 2.75) is 26.9 Å². The summed E-state index contributed by atoms with van der Waals surface area (Å²) in [4.78, 5) is 10.7. The third-order valence-electron chi connectivity index (χ3n) is 3.87. The number of hydrogen-bond donors (Lipinski definition) is 0. The second kappa shape index (κ2) is 8.60. The Kier molecular flexibility index (Phi) is 6.49. The van der Waals surface area contributed by atoms with Gasteiger partial charge in [0.25, 0.3) is 5.88 Å². The lowest BCUT2D eigenvalue weighted by Crippen LogP contribution is -2.14. The van der Waals surface area contributed by atoms with Crippen LogP contribution in [0.25, 0.3) is 0 Å². The van der Waals surface area contributed by atoms with Crippen molar-refractivity contribution in [3.05, 3.63) is 47.2 Å². The van der Waals surface area contributed by atoms with Gasteiger partial charge in [0.2, 0.25) is 0 Å². The van der Waals surface area contributed by atoms with E-state index in [1.54, 1.807) is 26.3 Å². The fraction of sp³-hybridized carbons (Fsp3) is 0.368. The molecule has 26 heavy (non-hydrogen) atoms. The van der Waals surface area contributed by atoms with Gasteiger partial charge in [-0.3, -0.25) is 0 Å². The number of aliphatic imine (C=N–C) groups is 1. The van der Waals surface area contributed by atoms with Crippen LogP contribution in [0.4, 0.5) is 14.5 Å². The van der Waals surface area contributed by atoms with Crippen molar-refractivity contribution in [2.24, 2.45) is 4.99 Å². The fourth-order valence-electron chi connectivity index (χ4n) is 2.20. The molecule has 1 heterocycles. The molecule has 0 bridgehead atoms. The number of aromatic nitrogens is 1. The van der Waals surface area contributed by atoms with Crippen molar-refractivity contribution in [1.29, 1.82) is 0 Å². The van der Waals surface area contributed by atoms with E-state index in [4.69, 9.17) is 9.47 Å². The minimum absolute atomic E-state index is 0.241. The number of halogens is 2. The molecular formula is C19H23F2N3O2. The molecule has 0 aliphatic carbocycles. The minimum Gasteiger partial charge on any atom is -0.491 e. The molecule has 0 radical (unpaired) electrons. The van der Waals surface area contributed by atoms with E-state index in [1.165, 1.54) is 19.2 Å². The lowest BCUT2D eigenvalue weighted by Gasteiger charge is -2.17. The summed E-state index contributed by atoms with van der Waals surface area (Å²) in [6.07, 6.45) is 1.10. The molecule has 0 aliphatic heterocycles. The molecule has 0 aliphatic rings. The third-order valence-corrected chi connectivity index (χ3v) is 3.87. The zero-order valence-corrected chi connectivity index (χ0v) is 15.6. The number of hydrogen-bond acceptors (Lipinski definition) is 4. The van der Waals surface area contributed by atoms with E-state index >= 15 is 0 Å². The molecular weight excluding hydrogens is 340 g/mol. The molecule has 0 amide bonds. The van der Waals surface area contributed by atoms with Gasteiger partial charge < -0.3 is 14.4 Å². The van der Waals surface area contributed by atoms with Crippen LogP contribution in [0.3, 0.4) is 0 Å². The number of methoxy groups -OCH3 is 1. The SMILES string of the molecule is CCN(C)C=Nc1cc(OC)c(O[C@H](C)c2cc(F)cc(F)c2)nc1C. The molecule has 2 rings (SSSR count). The molecule has 1 aromatic heterocycles. The summed E-state index contributed by atoms with van der Waals surface area (Å²) in [6.45, 7) is 6.34. The van der Waals surface area contributed by atoms with Crippen molar-refractivity contribution >= 4 is 12.0 Å². The van der Waals surface area contributed by atoms with E-state index in [9.17, 15) is 8.78 Å². The van der Waals surface area contributed by atoms with Gasteiger partial charge >= 0.3 is 0 Å². The molecule has 140 valence electrons. The Bertz CT molecular complexity index is 776. The van der Waals surface area contributed by atoms with Gasteiger partial charge in [-0.15, -0.1) is 0 Å². The summed E-state index contributed by atoms with van der Waals surface area (Å²) in [5.74, 6) is -0.678. The zero-order valence-electron chi connectivity index (χ0n) is 15.6. The largest absolute Gasteiger partial charge is 0.491 e. The maximum atomic E-state index is 13.4. The quantitative estimate of drug-likeness (QED) is 0.539. The number of nitrogens with zero attached hydrogens (tertiary/aromatic N) is 3. The maximum absolute atomic E-state index is 13.4. The predicted molar refractivity (Wildman–Crippen MR) is 97.4 cm³/mol. The van der Waals surface area contributed by atoms with E-state index in [1.807, 2.05) is 18.9 Å². The summed E-state index contributed by atoms with van der Waals surface area (Å²) < 4.78 is 37.9. The zero-order chi connectivity index (χ0) is 19.3. The van der Waals surface area contributed by atoms with Crippen LogP contribution >= 0.6 is 0 Å². The number of aryl methyl sites for hydroxylation is 1. The van der Waals surface area contributed by atoms with Gasteiger partial charge in [0, 0.05) is 25.7 Å². The first-order chi connectivity index (χ1) is 12.3. The molecule has 0 N–H and O–H groups in total.